The molecule has 0 saturated carbocycles. The lowest BCUT2D eigenvalue weighted by atomic mass is 10.0. The van der Waals surface area contributed by atoms with Crippen LogP contribution >= 0.6 is 15.9 Å². The summed E-state index contributed by atoms with van der Waals surface area (Å²) in [4.78, 5) is 10.4. The van der Waals surface area contributed by atoms with Gasteiger partial charge in [0.1, 0.15) is 18.2 Å². The van der Waals surface area contributed by atoms with Crippen molar-refractivity contribution >= 4 is 27.4 Å². The minimum atomic E-state index is 0.314. The second-order valence-electron chi connectivity index (χ2n) is 5.30. The number of nitrogens with one attached hydrogen (secondary N) is 1. The van der Waals surface area contributed by atoms with Gasteiger partial charge in [0.15, 0.2) is 0 Å². The Morgan fingerprint density at radius 1 is 1.36 bits per heavy atom. The maximum atomic E-state index is 9.32. The summed E-state index contributed by atoms with van der Waals surface area (Å²) >= 11 is 3.49. The van der Waals surface area contributed by atoms with Gasteiger partial charge in [-0.2, -0.15) is 5.26 Å². The summed E-state index contributed by atoms with van der Waals surface area (Å²) < 4.78 is 0.993. The topological polar surface area (TPSA) is 64.8 Å². The van der Waals surface area contributed by atoms with Crippen LogP contribution < -0.4 is 10.2 Å². The fraction of sp³-hybridized carbons (Fsp3) is 0.312. The molecule has 3 rings (SSSR count). The van der Waals surface area contributed by atoms with E-state index in [1.807, 2.05) is 24.3 Å². The molecule has 22 heavy (non-hydrogen) atoms. The maximum absolute atomic E-state index is 9.32. The molecule has 1 N–H and O–H groups in total. The Hall–Kier alpha value is -2.13. The van der Waals surface area contributed by atoms with E-state index in [4.69, 9.17) is 0 Å². The fourth-order valence-electron chi connectivity index (χ4n) is 2.76. The number of anilines is 2. The molecule has 0 spiro atoms. The van der Waals surface area contributed by atoms with E-state index in [0.29, 0.717) is 11.6 Å². The number of piperidine rings is 1. The number of nitrogens with zero attached hydrogens (tertiary/aromatic N) is 4. The van der Waals surface area contributed by atoms with E-state index < -0.39 is 0 Å². The molecule has 0 radical (unpaired) electrons. The molecule has 1 aromatic carbocycles. The number of hydrogen-bond acceptors (Lipinski definition) is 5. The second-order valence-corrected chi connectivity index (χ2v) is 6.21. The van der Waals surface area contributed by atoms with Crippen molar-refractivity contribution in [1.82, 2.24) is 9.97 Å². The van der Waals surface area contributed by atoms with E-state index >= 15 is 0 Å². The van der Waals surface area contributed by atoms with Crippen molar-refractivity contribution in [3.63, 3.8) is 0 Å². The molecule has 1 unspecified atom stereocenters. The minimum absolute atomic E-state index is 0.314. The Balaban J connectivity index is 1.76. The molecule has 0 bridgehead atoms. The number of halogens is 1. The average molecular weight is 358 g/mol. The molecule has 2 heterocycles. The van der Waals surface area contributed by atoms with Crippen molar-refractivity contribution in [3.8, 4) is 6.07 Å². The number of rotatable bonds is 3. The van der Waals surface area contributed by atoms with Crippen molar-refractivity contribution in [3.05, 3.63) is 46.8 Å². The van der Waals surface area contributed by atoms with Crippen molar-refractivity contribution < 1.29 is 0 Å². The molecule has 1 atom stereocenters. The van der Waals surface area contributed by atoms with E-state index in [1.54, 1.807) is 12.5 Å². The molecule has 0 aliphatic carbocycles. The summed E-state index contributed by atoms with van der Waals surface area (Å²) in [6, 6.07) is 10.3. The molecule has 1 saturated heterocycles. The molecule has 5 nitrogen and oxygen atoms in total. The van der Waals surface area contributed by atoms with Crippen LogP contribution in [-0.2, 0) is 0 Å². The molecule has 2 aromatic rings. The van der Waals surface area contributed by atoms with Gasteiger partial charge in [-0.3, -0.25) is 0 Å². The molecule has 1 fully saturated rings. The normalized spacial score (nSPS) is 17.8. The van der Waals surface area contributed by atoms with E-state index in [1.165, 1.54) is 0 Å². The smallest absolute Gasteiger partial charge is 0.129 e. The van der Waals surface area contributed by atoms with Gasteiger partial charge in [0.05, 0.1) is 11.3 Å². The zero-order valence-electron chi connectivity index (χ0n) is 12.0. The molecular weight excluding hydrogens is 342 g/mol. The van der Waals surface area contributed by atoms with E-state index in [0.717, 1.165) is 41.9 Å². The molecule has 1 aromatic heterocycles. The van der Waals surface area contributed by atoms with Crippen LogP contribution in [-0.4, -0.2) is 29.1 Å². The van der Waals surface area contributed by atoms with Crippen molar-refractivity contribution in [2.75, 3.05) is 23.3 Å². The summed E-state index contributed by atoms with van der Waals surface area (Å²) in [6.45, 7) is 1.82. The van der Waals surface area contributed by atoms with Crippen LogP contribution in [0.3, 0.4) is 0 Å². The van der Waals surface area contributed by atoms with Crippen LogP contribution in [0.1, 0.15) is 18.4 Å². The first-order valence-corrected chi connectivity index (χ1v) is 8.03. The largest absolute Gasteiger partial charge is 0.368 e. The molecule has 1 aliphatic heterocycles. The number of nitriles is 1. The van der Waals surface area contributed by atoms with Gasteiger partial charge in [0.25, 0.3) is 0 Å². The Bertz CT molecular complexity index is 683. The van der Waals surface area contributed by atoms with Crippen LogP contribution in [0.25, 0.3) is 0 Å². The van der Waals surface area contributed by atoms with Crippen LogP contribution in [0.15, 0.2) is 41.3 Å². The monoisotopic (exact) mass is 357 g/mol. The van der Waals surface area contributed by atoms with Gasteiger partial charge in [-0.05, 0) is 37.1 Å². The Morgan fingerprint density at radius 3 is 3.05 bits per heavy atom. The highest BCUT2D eigenvalue weighted by Crippen LogP contribution is 2.28. The quantitative estimate of drug-likeness (QED) is 0.913. The van der Waals surface area contributed by atoms with E-state index in [2.05, 4.69) is 42.2 Å². The lowest BCUT2D eigenvalue weighted by Crippen LogP contribution is -2.42. The van der Waals surface area contributed by atoms with Crippen molar-refractivity contribution in [2.24, 2.45) is 0 Å². The van der Waals surface area contributed by atoms with Gasteiger partial charge >= 0.3 is 0 Å². The van der Waals surface area contributed by atoms with Crippen LogP contribution in [0, 0.1) is 11.3 Å². The predicted molar refractivity (Wildman–Crippen MR) is 89.7 cm³/mol. The summed E-state index contributed by atoms with van der Waals surface area (Å²) in [5.41, 5.74) is 1.71. The standard InChI is InChI=1S/C16H16BrN5/c17-13-4-3-12(9-18)15(8-13)22-7-1-2-14(10-22)21-16-5-6-19-11-20-16/h3-6,8,11,14H,1-2,7,10H2,(H,19,20,21). The predicted octanol–water partition coefficient (Wildman–Crippen LogP) is 3.19. The van der Waals surface area contributed by atoms with Gasteiger partial charge in [0.2, 0.25) is 0 Å². The first kappa shape index (κ1) is 14.8. The molecular formula is C16H16BrN5. The highest BCUT2D eigenvalue weighted by Gasteiger charge is 2.22. The summed E-state index contributed by atoms with van der Waals surface area (Å²) in [6.07, 6.45) is 5.46. The molecule has 112 valence electrons. The van der Waals surface area contributed by atoms with Crippen LogP contribution in [0.5, 0.6) is 0 Å². The third-order valence-electron chi connectivity index (χ3n) is 3.78. The number of hydrogen-bond donors (Lipinski definition) is 1. The molecule has 0 amide bonds. The fourth-order valence-corrected chi connectivity index (χ4v) is 3.11. The Morgan fingerprint density at radius 2 is 2.27 bits per heavy atom. The van der Waals surface area contributed by atoms with Crippen molar-refractivity contribution in [1.29, 1.82) is 5.26 Å². The summed E-state index contributed by atoms with van der Waals surface area (Å²) in [7, 11) is 0. The van der Waals surface area contributed by atoms with Crippen LogP contribution in [0.2, 0.25) is 0 Å². The third-order valence-corrected chi connectivity index (χ3v) is 4.27. The maximum Gasteiger partial charge on any atom is 0.129 e. The van der Waals surface area contributed by atoms with Gasteiger partial charge in [-0.1, -0.05) is 15.9 Å². The third kappa shape index (κ3) is 3.37. The highest BCUT2D eigenvalue weighted by atomic mass is 79.9. The SMILES string of the molecule is N#Cc1ccc(Br)cc1N1CCCC(Nc2ccncn2)C1. The summed E-state index contributed by atoms with van der Waals surface area (Å²) in [5, 5.41) is 12.8. The van der Waals surface area contributed by atoms with Crippen LogP contribution in [0.4, 0.5) is 11.5 Å². The number of aromatic nitrogens is 2. The molecule has 6 heteroatoms. The number of benzene rings is 1. The molecule has 1 aliphatic rings. The summed E-state index contributed by atoms with van der Waals surface area (Å²) in [5.74, 6) is 0.844. The first-order chi connectivity index (χ1) is 10.8. The lowest BCUT2D eigenvalue weighted by molar-refractivity contribution is 0.528. The average Bonchev–Trinajstić information content (AvgIpc) is 2.56. The Labute approximate surface area is 138 Å². The Kier molecular flexibility index (Phi) is 4.54. The van der Waals surface area contributed by atoms with Gasteiger partial charge in [-0.25, -0.2) is 9.97 Å². The van der Waals surface area contributed by atoms with E-state index in [-0.39, 0.29) is 0 Å². The first-order valence-electron chi connectivity index (χ1n) is 7.23. The van der Waals surface area contributed by atoms with Gasteiger partial charge in [0, 0.05) is 29.8 Å². The second kappa shape index (κ2) is 6.75. The zero-order chi connectivity index (χ0) is 15.4. The lowest BCUT2D eigenvalue weighted by Gasteiger charge is -2.35. The zero-order valence-corrected chi connectivity index (χ0v) is 13.6. The van der Waals surface area contributed by atoms with Gasteiger partial charge < -0.3 is 10.2 Å². The van der Waals surface area contributed by atoms with E-state index in [9.17, 15) is 5.26 Å². The van der Waals surface area contributed by atoms with Crippen molar-refractivity contribution in [2.45, 2.75) is 18.9 Å². The highest BCUT2D eigenvalue weighted by molar-refractivity contribution is 9.10. The minimum Gasteiger partial charge on any atom is -0.368 e. The van der Waals surface area contributed by atoms with Gasteiger partial charge in [-0.15, -0.1) is 0 Å².